The van der Waals surface area contributed by atoms with E-state index >= 15 is 0 Å². The molecule has 0 spiro atoms. The first kappa shape index (κ1) is 26.2. The van der Waals surface area contributed by atoms with Crippen molar-refractivity contribution in [3.05, 3.63) is 87.1 Å². The molecule has 0 unspecified atom stereocenters. The molecule has 0 aliphatic rings. The van der Waals surface area contributed by atoms with Gasteiger partial charge in [0.2, 0.25) is 11.8 Å². The Balaban J connectivity index is 1.60. The SMILES string of the molecule is CCOc1cc(C=NNC(=O)CC(=O)Nc2ccccc2F)cc(Br)c1OCc1ccc(Cl)cc1. The van der Waals surface area contributed by atoms with Crippen LogP contribution in [0.5, 0.6) is 11.5 Å². The predicted octanol–water partition coefficient (Wildman–Crippen LogP) is 5.70. The number of nitrogens with one attached hydrogen (secondary N) is 2. The van der Waals surface area contributed by atoms with E-state index in [1.54, 1.807) is 30.3 Å². The number of para-hydroxylation sites is 1. The number of halogens is 3. The van der Waals surface area contributed by atoms with Crippen LogP contribution in [0.2, 0.25) is 5.02 Å². The largest absolute Gasteiger partial charge is 0.490 e. The van der Waals surface area contributed by atoms with E-state index in [-0.39, 0.29) is 5.69 Å². The van der Waals surface area contributed by atoms with Crippen molar-refractivity contribution >= 4 is 51.2 Å². The number of rotatable bonds is 10. The fourth-order valence-corrected chi connectivity index (χ4v) is 3.62. The van der Waals surface area contributed by atoms with E-state index < -0.39 is 24.1 Å². The van der Waals surface area contributed by atoms with Gasteiger partial charge in [0.25, 0.3) is 0 Å². The second-order valence-electron chi connectivity index (χ2n) is 7.18. The predicted molar refractivity (Wildman–Crippen MR) is 136 cm³/mol. The molecule has 3 rings (SSSR count). The van der Waals surface area contributed by atoms with Crippen molar-refractivity contribution in [3.8, 4) is 11.5 Å². The van der Waals surface area contributed by atoms with Gasteiger partial charge in [0.05, 0.1) is 23.0 Å². The number of amides is 2. The minimum absolute atomic E-state index is 0.000441. The molecule has 182 valence electrons. The highest BCUT2D eigenvalue weighted by atomic mass is 79.9. The Kier molecular flexibility index (Phi) is 9.63. The molecule has 3 aromatic carbocycles. The maximum atomic E-state index is 13.6. The monoisotopic (exact) mass is 561 g/mol. The van der Waals surface area contributed by atoms with Gasteiger partial charge in [-0.05, 0) is 70.4 Å². The van der Waals surface area contributed by atoms with Gasteiger partial charge in [-0.15, -0.1) is 0 Å². The van der Waals surface area contributed by atoms with Gasteiger partial charge in [-0.2, -0.15) is 5.10 Å². The fraction of sp³-hybridized carbons (Fsp3) is 0.160. The summed E-state index contributed by atoms with van der Waals surface area (Å²) < 4.78 is 25.9. The van der Waals surface area contributed by atoms with Crippen molar-refractivity contribution in [1.82, 2.24) is 5.43 Å². The highest BCUT2D eigenvalue weighted by Gasteiger charge is 2.13. The van der Waals surface area contributed by atoms with Gasteiger partial charge in [0, 0.05) is 5.02 Å². The standard InChI is InChI=1S/C25H22BrClFN3O4/c1-2-34-22-12-17(11-19(26)25(22)35-15-16-7-9-18(27)10-8-16)14-29-31-24(33)13-23(32)30-21-6-4-3-5-20(21)28/h3-12,14H,2,13,15H2,1H3,(H,30,32)(H,31,33). The van der Waals surface area contributed by atoms with Crippen molar-refractivity contribution in [2.45, 2.75) is 20.0 Å². The second kappa shape index (κ2) is 12.9. The fourth-order valence-electron chi connectivity index (χ4n) is 2.92. The molecule has 2 N–H and O–H groups in total. The molecular weight excluding hydrogens is 541 g/mol. The van der Waals surface area contributed by atoms with Crippen molar-refractivity contribution in [3.63, 3.8) is 0 Å². The van der Waals surface area contributed by atoms with E-state index in [9.17, 15) is 14.0 Å². The van der Waals surface area contributed by atoms with Gasteiger partial charge in [-0.25, -0.2) is 9.82 Å². The Morgan fingerprint density at radius 1 is 1.09 bits per heavy atom. The Morgan fingerprint density at radius 2 is 1.83 bits per heavy atom. The molecule has 0 aromatic heterocycles. The Morgan fingerprint density at radius 3 is 2.54 bits per heavy atom. The lowest BCUT2D eigenvalue weighted by molar-refractivity contribution is -0.126. The van der Waals surface area contributed by atoms with Gasteiger partial charge < -0.3 is 14.8 Å². The normalized spacial score (nSPS) is 10.7. The van der Waals surface area contributed by atoms with Crippen molar-refractivity contribution in [2.75, 3.05) is 11.9 Å². The van der Waals surface area contributed by atoms with Crippen LogP contribution in [-0.2, 0) is 16.2 Å². The van der Waals surface area contributed by atoms with E-state index in [2.05, 4.69) is 31.8 Å². The summed E-state index contributed by atoms with van der Waals surface area (Å²) in [5, 5.41) is 6.87. The summed E-state index contributed by atoms with van der Waals surface area (Å²) in [6, 6.07) is 16.5. The van der Waals surface area contributed by atoms with Crippen LogP contribution in [0.1, 0.15) is 24.5 Å². The first-order valence-electron chi connectivity index (χ1n) is 10.6. The topological polar surface area (TPSA) is 89.0 Å². The highest BCUT2D eigenvalue weighted by molar-refractivity contribution is 9.10. The average molecular weight is 563 g/mol. The number of hydrazone groups is 1. The van der Waals surface area contributed by atoms with Crippen LogP contribution < -0.4 is 20.2 Å². The molecule has 7 nitrogen and oxygen atoms in total. The first-order chi connectivity index (χ1) is 16.9. The Bertz CT molecular complexity index is 1220. The molecule has 2 amide bonds. The smallest absolute Gasteiger partial charge is 0.249 e. The molecule has 0 aliphatic carbocycles. The number of hydrogen-bond donors (Lipinski definition) is 2. The third-order valence-electron chi connectivity index (χ3n) is 4.50. The van der Waals surface area contributed by atoms with E-state index in [0.717, 1.165) is 5.56 Å². The minimum atomic E-state index is -0.661. The molecule has 0 saturated carbocycles. The quantitative estimate of drug-likeness (QED) is 0.189. The highest BCUT2D eigenvalue weighted by Crippen LogP contribution is 2.37. The minimum Gasteiger partial charge on any atom is -0.490 e. The summed E-state index contributed by atoms with van der Waals surface area (Å²) in [4.78, 5) is 24.0. The van der Waals surface area contributed by atoms with Crippen molar-refractivity contribution < 1.29 is 23.5 Å². The Labute approximate surface area is 215 Å². The van der Waals surface area contributed by atoms with Gasteiger partial charge in [0.1, 0.15) is 18.8 Å². The number of nitrogens with zero attached hydrogens (tertiary/aromatic N) is 1. The zero-order chi connectivity index (χ0) is 25.2. The maximum Gasteiger partial charge on any atom is 0.249 e. The number of hydrogen-bond acceptors (Lipinski definition) is 5. The van der Waals surface area contributed by atoms with Gasteiger partial charge in [-0.1, -0.05) is 35.9 Å². The number of carbonyl (C=O) groups is 2. The molecule has 35 heavy (non-hydrogen) atoms. The molecule has 3 aromatic rings. The van der Waals surface area contributed by atoms with Crippen molar-refractivity contribution in [2.24, 2.45) is 5.10 Å². The summed E-state index contributed by atoms with van der Waals surface area (Å²) >= 11 is 9.41. The van der Waals surface area contributed by atoms with Gasteiger partial charge >= 0.3 is 0 Å². The van der Waals surface area contributed by atoms with Crippen LogP contribution in [0, 0.1) is 5.82 Å². The third-order valence-corrected chi connectivity index (χ3v) is 5.34. The zero-order valence-electron chi connectivity index (χ0n) is 18.7. The van der Waals surface area contributed by atoms with Crippen LogP contribution in [-0.4, -0.2) is 24.6 Å². The van der Waals surface area contributed by atoms with Gasteiger partial charge in [0.15, 0.2) is 11.5 Å². The lowest BCUT2D eigenvalue weighted by atomic mass is 10.2. The molecule has 0 radical (unpaired) electrons. The molecule has 0 saturated heterocycles. The molecule has 0 bridgehead atoms. The molecular formula is C25H22BrClFN3O4. The van der Waals surface area contributed by atoms with Crippen LogP contribution in [0.15, 0.2) is 70.2 Å². The maximum absolute atomic E-state index is 13.6. The van der Waals surface area contributed by atoms with E-state index in [0.29, 0.717) is 39.8 Å². The van der Waals surface area contributed by atoms with E-state index in [4.69, 9.17) is 21.1 Å². The third kappa shape index (κ3) is 8.08. The average Bonchev–Trinajstić information content (AvgIpc) is 2.81. The van der Waals surface area contributed by atoms with Crippen molar-refractivity contribution in [1.29, 1.82) is 0 Å². The molecule has 0 aliphatic heterocycles. The molecule has 0 atom stereocenters. The Hall–Kier alpha value is -3.43. The molecule has 0 fully saturated rings. The summed E-state index contributed by atoms with van der Waals surface area (Å²) in [5.74, 6) is -0.885. The molecule has 0 heterocycles. The van der Waals surface area contributed by atoms with Crippen LogP contribution >= 0.6 is 27.5 Å². The first-order valence-corrected chi connectivity index (χ1v) is 11.7. The summed E-state index contributed by atoms with van der Waals surface area (Å²) in [6.45, 7) is 2.58. The van der Waals surface area contributed by atoms with Crippen LogP contribution in [0.4, 0.5) is 10.1 Å². The number of carbonyl (C=O) groups excluding carboxylic acids is 2. The summed E-state index contributed by atoms with van der Waals surface area (Å²) in [5.41, 5.74) is 3.84. The lowest BCUT2D eigenvalue weighted by Crippen LogP contribution is -2.24. The second-order valence-corrected chi connectivity index (χ2v) is 8.47. The van der Waals surface area contributed by atoms with Crippen LogP contribution in [0.25, 0.3) is 0 Å². The van der Waals surface area contributed by atoms with E-state index in [1.807, 2.05) is 19.1 Å². The number of anilines is 1. The van der Waals surface area contributed by atoms with E-state index in [1.165, 1.54) is 24.4 Å². The molecule has 10 heteroatoms. The number of ether oxygens (including phenoxy) is 2. The van der Waals surface area contributed by atoms with Gasteiger partial charge in [-0.3, -0.25) is 9.59 Å². The summed E-state index contributed by atoms with van der Waals surface area (Å²) in [7, 11) is 0. The summed E-state index contributed by atoms with van der Waals surface area (Å²) in [6.07, 6.45) is 0.889. The number of benzene rings is 3. The van der Waals surface area contributed by atoms with Crippen LogP contribution in [0.3, 0.4) is 0 Å². The zero-order valence-corrected chi connectivity index (χ0v) is 21.0. The lowest BCUT2D eigenvalue weighted by Gasteiger charge is -2.14.